The molecule has 0 aliphatic carbocycles. The summed E-state index contributed by atoms with van der Waals surface area (Å²) in [4.78, 5) is 41.6. The Labute approximate surface area is 249 Å². The highest BCUT2D eigenvalue weighted by atomic mass is 35.5. The zero-order valence-electron chi connectivity index (χ0n) is 21.9. The summed E-state index contributed by atoms with van der Waals surface area (Å²) in [7, 11) is 1.41. The number of aromatic nitrogens is 1. The lowest BCUT2D eigenvalue weighted by molar-refractivity contribution is -0.119. The average Bonchev–Trinajstić information content (AvgIpc) is 3.59. The highest BCUT2D eigenvalue weighted by Gasteiger charge is 2.42. The molecule has 2 aromatic heterocycles. The van der Waals surface area contributed by atoms with Crippen LogP contribution in [0.2, 0.25) is 5.02 Å². The molecule has 13 heteroatoms. The minimum Gasteiger partial charge on any atom is -0.478 e. The largest absolute Gasteiger partial charge is 0.478 e. The molecule has 0 spiro atoms. The fourth-order valence-electron chi connectivity index (χ4n) is 4.68. The number of furan rings is 1. The molecule has 2 atom stereocenters. The smallest absolute Gasteiger partial charge is 0.335 e. The normalized spacial score (nSPS) is 16.2. The molecule has 0 bridgehead atoms. The summed E-state index contributed by atoms with van der Waals surface area (Å²) in [6.45, 7) is -0.129. The third-order valence-electron chi connectivity index (χ3n) is 6.51. The number of benzene rings is 2. The maximum atomic E-state index is 12.0. The van der Waals surface area contributed by atoms with Gasteiger partial charge in [0.15, 0.2) is 5.11 Å². The number of hydrogen-bond acceptors (Lipinski definition) is 7. The number of nitrogens with zero attached hydrogens (tertiary/aromatic N) is 2. The minimum atomic E-state index is -1.27. The number of methoxy groups -OCH3 is 1. The van der Waals surface area contributed by atoms with Gasteiger partial charge in [-0.2, -0.15) is 0 Å². The van der Waals surface area contributed by atoms with Gasteiger partial charge in [-0.15, -0.1) is 0 Å². The summed E-state index contributed by atoms with van der Waals surface area (Å²) >= 11 is 12.3. The van der Waals surface area contributed by atoms with Crippen molar-refractivity contribution in [2.24, 2.45) is 0 Å². The summed E-state index contributed by atoms with van der Waals surface area (Å²) in [5.41, 5.74) is 1.59. The number of rotatable bonds is 9. The molecule has 1 saturated heterocycles. The SMILES string of the molecule is COCC(=O)Nc1ccc(N2C(=S)N[C@@H](c3ccccn3)[C@H]2c2ccc(-c3cc(C(=O)O)cc(C(=O)O)c3)o2)cc1Cl. The van der Waals surface area contributed by atoms with Gasteiger partial charge in [-0.25, -0.2) is 9.59 Å². The van der Waals surface area contributed by atoms with Crippen LogP contribution in [0.1, 0.15) is 44.3 Å². The van der Waals surface area contributed by atoms with E-state index in [9.17, 15) is 24.6 Å². The molecule has 1 aliphatic heterocycles. The fourth-order valence-corrected chi connectivity index (χ4v) is 5.25. The Balaban J connectivity index is 1.57. The number of aromatic carboxylic acids is 2. The molecule has 0 unspecified atom stereocenters. The standard InChI is InChI=1S/C29H23ClN4O7S/c1-40-14-24(35)32-20-6-5-18(13-19(20)30)34-26(25(33-29(34)42)21-4-2-3-9-31-21)23-8-7-22(41-23)15-10-16(27(36)37)12-17(11-15)28(38)39/h2-13,25-26H,14H2,1H3,(H,32,35)(H,33,42)(H,36,37)(H,38,39)/t25-,26+/m0/s1. The number of carbonyl (C=O) groups excluding carboxylic acids is 1. The van der Waals surface area contributed by atoms with Crippen molar-refractivity contribution in [1.82, 2.24) is 10.3 Å². The minimum absolute atomic E-state index is 0.129. The van der Waals surface area contributed by atoms with E-state index < -0.39 is 24.0 Å². The van der Waals surface area contributed by atoms with Crippen LogP contribution in [0.15, 0.2) is 77.3 Å². The van der Waals surface area contributed by atoms with Gasteiger partial charge in [-0.1, -0.05) is 17.7 Å². The van der Waals surface area contributed by atoms with Gasteiger partial charge < -0.3 is 34.9 Å². The topological polar surface area (TPSA) is 154 Å². The second kappa shape index (κ2) is 12.0. The molecule has 1 aliphatic rings. The van der Waals surface area contributed by atoms with Crippen molar-refractivity contribution in [2.75, 3.05) is 23.9 Å². The monoisotopic (exact) mass is 606 g/mol. The van der Waals surface area contributed by atoms with Crippen LogP contribution in [0.3, 0.4) is 0 Å². The van der Waals surface area contributed by atoms with E-state index >= 15 is 0 Å². The molecule has 11 nitrogen and oxygen atoms in total. The molecule has 0 saturated carbocycles. The number of amides is 1. The van der Waals surface area contributed by atoms with Crippen LogP contribution < -0.4 is 15.5 Å². The molecule has 1 fully saturated rings. The number of pyridine rings is 1. The first-order valence-electron chi connectivity index (χ1n) is 12.5. The Kier molecular flexibility index (Phi) is 8.20. The van der Waals surface area contributed by atoms with Crippen LogP contribution in [0.4, 0.5) is 11.4 Å². The van der Waals surface area contributed by atoms with Crippen LogP contribution in [0.5, 0.6) is 0 Å². The van der Waals surface area contributed by atoms with Gasteiger partial charge >= 0.3 is 11.9 Å². The number of halogens is 1. The van der Waals surface area contributed by atoms with Crippen molar-refractivity contribution in [3.63, 3.8) is 0 Å². The molecule has 1 amide bonds. The molecule has 5 rings (SSSR count). The number of carbonyl (C=O) groups is 3. The Morgan fingerprint density at radius 3 is 2.43 bits per heavy atom. The van der Waals surface area contributed by atoms with Crippen molar-refractivity contribution >= 4 is 58.2 Å². The predicted octanol–water partition coefficient (Wildman–Crippen LogP) is 5.15. The van der Waals surface area contributed by atoms with Gasteiger partial charge in [0.25, 0.3) is 0 Å². The first kappa shape index (κ1) is 28.7. The lowest BCUT2D eigenvalue weighted by Crippen LogP contribution is -2.29. The van der Waals surface area contributed by atoms with Crippen LogP contribution >= 0.6 is 23.8 Å². The molecule has 4 N–H and O–H groups in total. The van der Waals surface area contributed by atoms with E-state index in [2.05, 4.69) is 15.6 Å². The van der Waals surface area contributed by atoms with Crippen LogP contribution in [0.25, 0.3) is 11.3 Å². The number of thiocarbonyl (C=S) groups is 1. The van der Waals surface area contributed by atoms with Crippen LogP contribution in [-0.2, 0) is 9.53 Å². The second-order valence-corrected chi connectivity index (χ2v) is 10.0. The molecular weight excluding hydrogens is 584 g/mol. The van der Waals surface area contributed by atoms with Crippen LogP contribution in [0, 0.1) is 0 Å². The Morgan fingerprint density at radius 2 is 1.81 bits per heavy atom. The van der Waals surface area contributed by atoms with E-state index in [0.717, 1.165) is 6.07 Å². The van der Waals surface area contributed by atoms with Gasteiger partial charge in [0, 0.05) is 24.6 Å². The highest BCUT2D eigenvalue weighted by molar-refractivity contribution is 7.80. The maximum absolute atomic E-state index is 12.0. The summed E-state index contributed by atoms with van der Waals surface area (Å²) in [5, 5.41) is 25.6. The first-order chi connectivity index (χ1) is 20.2. The van der Waals surface area contributed by atoms with Crippen molar-refractivity contribution in [2.45, 2.75) is 12.1 Å². The molecule has 214 valence electrons. The van der Waals surface area contributed by atoms with Crippen molar-refractivity contribution in [1.29, 1.82) is 0 Å². The average molecular weight is 607 g/mol. The quantitative estimate of drug-likeness (QED) is 0.187. The van der Waals surface area contributed by atoms with E-state index in [0.29, 0.717) is 27.9 Å². The molecule has 0 radical (unpaired) electrons. The number of carboxylic acids is 2. The van der Waals surface area contributed by atoms with Crippen molar-refractivity contribution in [3.05, 3.63) is 101 Å². The summed E-state index contributed by atoms with van der Waals surface area (Å²) in [6, 6.07) is 16.6. The third kappa shape index (κ3) is 5.81. The molecule has 42 heavy (non-hydrogen) atoms. The molecule has 4 aromatic rings. The van der Waals surface area contributed by atoms with Crippen molar-refractivity contribution in [3.8, 4) is 11.3 Å². The number of anilines is 2. The van der Waals surface area contributed by atoms with E-state index in [1.165, 1.54) is 19.2 Å². The molecular formula is C29H23ClN4O7S. The Hall–Kier alpha value is -4.78. The summed E-state index contributed by atoms with van der Waals surface area (Å²) < 4.78 is 11.1. The summed E-state index contributed by atoms with van der Waals surface area (Å²) in [6.07, 6.45) is 1.66. The predicted molar refractivity (Wildman–Crippen MR) is 158 cm³/mol. The molecule has 3 heterocycles. The van der Waals surface area contributed by atoms with Gasteiger partial charge in [-0.05, 0) is 72.9 Å². The first-order valence-corrected chi connectivity index (χ1v) is 13.3. The van der Waals surface area contributed by atoms with E-state index in [-0.39, 0.29) is 40.0 Å². The third-order valence-corrected chi connectivity index (χ3v) is 7.14. The van der Waals surface area contributed by atoms with Gasteiger partial charge in [-0.3, -0.25) is 9.78 Å². The maximum Gasteiger partial charge on any atom is 0.335 e. The zero-order valence-corrected chi connectivity index (χ0v) is 23.5. The van der Waals surface area contributed by atoms with E-state index in [1.807, 2.05) is 12.1 Å². The molecule has 2 aromatic carbocycles. The Morgan fingerprint density at radius 1 is 1.07 bits per heavy atom. The second-order valence-electron chi connectivity index (χ2n) is 9.25. The van der Waals surface area contributed by atoms with E-state index in [1.54, 1.807) is 47.5 Å². The van der Waals surface area contributed by atoms with Gasteiger partial charge in [0.05, 0.1) is 33.6 Å². The Bertz CT molecular complexity index is 1660. The lowest BCUT2D eigenvalue weighted by atomic mass is 10.0. The number of nitrogens with one attached hydrogen (secondary N) is 2. The van der Waals surface area contributed by atoms with Gasteiger partial charge in [0.1, 0.15) is 24.2 Å². The fraction of sp³-hybridized carbons (Fsp3) is 0.138. The van der Waals surface area contributed by atoms with Crippen molar-refractivity contribution < 1.29 is 33.8 Å². The zero-order chi connectivity index (χ0) is 30.0. The lowest BCUT2D eigenvalue weighted by Gasteiger charge is -2.26. The van der Waals surface area contributed by atoms with Crippen LogP contribution in [-0.4, -0.2) is 51.9 Å². The number of carboxylic acid groups (broad SMARTS) is 2. The number of hydrogen-bond donors (Lipinski definition) is 4. The number of ether oxygens (including phenoxy) is 1. The van der Waals surface area contributed by atoms with E-state index in [4.69, 9.17) is 33.0 Å². The highest BCUT2D eigenvalue weighted by Crippen LogP contribution is 2.44. The summed E-state index contributed by atoms with van der Waals surface area (Å²) in [5.74, 6) is -2.19. The van der Waals surface area contributed by atoms with Gasteiger partial charge in [0.2, 0.25) is 5.91 Å².